The first kappa shape index (κ1) is 40.3. The molecule has 0 unspecified atom stereocenters. The number of hydrogen-bond donors (Lipinski definition) is 4. The van der Waals surface area contributed by atoms with Gasteiger partial charge in [0.25, 0.3) is 0 Å². The third-order valence-corrected chi connectivity index (χ3v) is 11.6. The molecule has 2 aromatic heterocycles. The molecule has 0 radical (unpaired) electrons. The van der Waals surface area contributed by atoms with Crippen LogP contribution >= 0.6 is 0 Å². The summed E-state index contributed by atoms with van der Waals surface area (Å²) >= 11 is 0. The number of aromatic amines is 2. The van der Waals surface area contributed by atoms with Gasteiger partial charge in [-0.25, -0.2) is 19.6 Å². The van der Waals surface area contributed by atoms with Crippen molar-refractivity contribution in [3.8, 4) is 11.3 Å². The Morgan fingerprint density at radius 2 is 1.23 bits per heavy atom. The number of H-pyrrole nitrogens is 2. The van der Waals surface area contributed by atoms with Crippen LogP contribution in [-0.2, 0) is 19.1 Å². The van der Waals surface area contributed by atoms with Crippen LogP contribution in [0.3, 0.4) is 0 Å². The normalized spacial score (nSPS) is 19.2. The molecule has 56 heavy (non-hydrogen) atoms. The number of nitrogens with one attached hydrogen (secondary N) is 4. The van der Waals surface area contributed by atoms with Gasteiger partial charge >= 0.3 is 12.2 Å². The molecule has 2 aliphatic rings. The quantitative estimate of drug-likeness (QED) is 0.120. The summed E-state index contributed by atoms with van der Waals surface area (Å²) in [5.74, 6) is 1.43. The summed E-state index contributed by atoms with van der Waals surface area (Å²) in [5, 5.41) is 5.41. The summed E-state index contributed by atoms with van der Waals surface area (Å²) in [5.41, 5.74) is 6.04. The number of carbonyl (C=O) groups is 4. The van der Waals surface area contributed by atoms with E-state index in [-0.39, 0.29) is 47.6 Å². The zero-order chi connectivity index (χ0) is 40.3. The zero-order valence-corrected chi connectivity index (χ0v) is 33.7. The number of nitrogens with zero attached hydrogens (tertiary/aromatic N) is 4. The predicted octanol–water partition coefficient (Wildman–Crippen LogP) is 6.95. The number of carbonyl (C=O) groups excluding carboxylic acids is 4. The van der Waals surface area contributed by atoms with E-state index < -0.39 is 24.3 Å². The maximum atomic E-state index is 13.6. The average Bonchev–Trinajstić information content (AvgIpc) is 4.03. The SMILES string of the molecule is COC(=O)N[C@H](C(=O)N1CCC[C@H]1c1ncc(-c2ccc([C@@H](C)[C@H](C)c3ccc4nc([C@@H]5CCCN5C(=O)[C@@H](NC(=O)OC)C(C)C)[nH]c4c3)cc2)[nH]1)C(C)C. The molecule has 2 fully saturated rings. The van der Waals surface area contributed by atoms with Crippen molar-refractivity contribution in [2.45, 2.75) is 103 Å². The summed E-state index contributed by atoms with van der Waals surface area (Å²) in [6.45, 7) is 13.3. The Kier molecular flexibility index (Phi) is 12.3. The van der Waals surface area contributed by atoms with Crippen molar-refractivity contribution in [3.63, 3.8) is 0 Å². The lowest BCUT2D eigenvalue weighted by molar-refractivity contribution is -0.136. The predicted molar refractivity (Wildman–Crippen MR) is 213 cm³/mol. The monoisotopic (exact) mass is 768 g/mol. The first-order chi connectivity index (χ1) is 26.8. The molecule has 4 amide bonds. The number of ether oxygens (including phenoxy) is 2. The number of likely N-dealkylation sites (tertiary alicyclic amines) is 2. The van der Waals surface area contributed by atoms with E-state index >= 15 is 0 Å². The van der Waals surface area contributed by atoms with E-state index in [1.807, 2.05) is 49.8 Å². The lowest BCUT2D eigenvalue weighted by Crippen LogP contribution is -2.51. The zero-order valence-electron chi connectivity index (χ0n) is 33.7. The van der Waals surface area contributed by atoms with Gasteiger partial charge in [0.15, 0.2) is 0 Å². The van der Waals surface area contributed by atoms with Crippen LogP contribution in [0.25, 0.3) is 22.3 Å². The van der Waals surface area contributed by atoms with E-state index in [1.165, 1.54) is 25.3 Å². The van der Waals surface area contributed by atoms with Gasteiger partial charge in [-0.2, -0.15) is 0 Å². The minimum absolute atomic E-state index is 0.102. The van der Waals surface area contributed by atoms with Crippen LogP contribution in [0.1, 0.15) is 114 Å². The lowest BCUT2D eigenvalue weighted by Gasteiger charge is -2.30. The van der Waals surface area contributed by atoms with Crippen molar-refractivity contribution in [3.05, 3.63) is 71.4 Å². The van der Waals surface area contributed by atoms with E-state index in [4.69, 9.17) is 19.4 Å². The topological polar surface area (TPSA) is 175 Å². The van der Waals surface area contributed by atoms with Crippen LogP contribution in [0.4, 0.5) is 9.59 Å². The Bertz CT molecular complexity index is 2020. The number of alkyl carbamates (subject to hydrolysis) is 2. The van der Waals surface area contributed by atoms with Gasteiger partial charge in [-0.1, -0.05) is 71.9 Å². The maximum Gasteiger partial charge on any atom is 0.407 e. The molecule has 0 aliphatic carbocycles. The first-order valence-electron chi connectivity index (χ1n) is 19.8. The third-order valence-electron chi connectivity index (χ3n) is 11.6. The van der Waals surface area contributed by atoms with E-state index in [0.717, 1.165) is 59.6 Å². The van der Waals surface area contributed by atoms with Crippen LogP contribution in [0, 0.1) is 11.8 Å². The van der Waals surface area contributed by atoms with Gasteiger partial charge in [0.05, 0.1) is 49.2 Å². The minimum atomic E-state index is -0.686. The van der Waals surface area contributed by atoms with Crippen molar-refractivity contribution in [1.29, 1.82) is 0 Å². The molecule has 6 rings (SSSR count). The molecule has 4 heterocycles. The number of imidazole rings is 2. The molecular formula is C42H56N8O6. The van der Waals surface area contributed by atoms with Crippen molar-refractivity contribution in [2.24, 2.45) is 11.8 Å². The highest BCUT2D eigenvalue weighted by Crippen LogP contribution is 2.37. The largest absolute Gasteiger partial charge is 0.453 e. The number of benzene rings is 2. The van der Waals surface area contributed by atoms with Crippen LogP contribution in [0.2, 0.25) is 0 Å². The Morgan fingerprint density at radius 1 is 0.714 bits per heavy atom. The second-order valence-electron chi connectivity index (χ2n) is 15.9. The second kappa shape index (κ2) is 17.2. The summed E-state index contributed by atoms with van der Waals surface area (Å²) in [6, 6.07) is 13.1. The van der Waals surface area contributed by atoms with E-state index in [0.29, 0.717) is 13.1 Å². The fourth-order valence-electron chi connectivity index (χ4n) is 8.07. The standard InChI is InChI=1S/C42H56N8O6/c1-23(2)35(47-41(53)55-7)39(51)49-19-9-11-33(49)37-43-22-32(46-37)28-15-13-27(14-16-28)25(5)26(6)29-17-18-30-31(21-29)45-38(44-30)34-12-10-20-50(34)40(52)36(24(3)4)48-42(54)56-8/h13-18,21-26,33-36H,9-12,19-20H2,1-8H3,(H,43,46)(H,44,45)(H,47,53)(H,48,54)/t25-,26-,33-,34-,35-,36-/m0/s1. The number of rotatable bonds is 12. The van der Waals surface area contributed by atoms with E-state index in [9.17, 15) is 19.2 Å². The van der Waals surface area contributed by atoms with Gasteiger partial charge in [0.2, 0.25) is 11.8 Å². The molecule has 14 heteroatoms. The Labute approximate surface area is 328 Å². The van der Waals surface area contributed by atoms with Gasteiger partial charge in [-0.15, -0.1) is 0 Å². The van der Waals surface area contributed by atoms with Crippen molar-refractivity contribution in [1.82, 2.24) is 40.4 Å². The first-order valence-corrected chi connectivity index (χ1v) is 19.8. The average molecular weight is 769 g/mol. The molecule has 2 aromatic carbocycles. The van der Waals surface area contributed by atoms with Crippen molar-refractivity contribution < 1.29 is 28.7 Å². The molecule has 0 bridgehead atoms. The summed E-state index contributed by atoms with van der Waals surface area (Å²) in [6.07, 6.45) is 3.86. The molecule has 0 saturated carbocycles. The van der Waals surface area contributed by atoms with Gasteiger partial charge in [0, 0.05) is 13.1 Å². The summed E-state index contributed by atoms with van der Waals surface area (Å²) in [7, 11) is 2.59. The lowest BCUT2D eigenvalue weighted by atomic mass is 9.83. The second-order valence-corrected chi connectivity index (χ2v) is 15.9. The number of hydrogen-bond acceptors (Lipinski definition) is 8. The fourth-order valence-corrected chi connectivity index (χ4v) is 8.07. The van der Waals surface area contributed by atoms with Crippen LogP contribution in [0.15, 0.2) is 48.7 Å². The minimum Gasteiger partial charge on any atom is -0.453 e. The molecule has 2 aliphatic heterocycles. The molecule has 2 saturated heterocycles. The van der Waals surface area contributed by atoms with Gasteiger partial charge < -0.3 is 39.9 Å². The highest BCUT2D eigenvalue weighted by molar-refractivity contribution is 5.87. The van der Waals surface area contributed by atoms with E-state index in [2.05, 4.69) is 70.8 Å². The molecular weight excluding hydrogens is 713 g/mol. The van der Waals surface area contributed by atoms with Crippen LogP contribution in [0.5, 0.6) is 0 Å². The fraction of sp³-hybridized carbons (Fsp3) is 0.524. The summed E-state index contributed by atoms with van der Waals surface area (Å²) < 4.78 is 9.54. The van der Waals surface area contributed by atoms with Crippen molar-refractivity contribution >= 4 is 35.0 Å². The van der Waals surface area contributed by atoms with Gasteiger partial charge in [-0.3, -0.25) is 9.59 Å². The highest BCUT2D eigenvalue weighted by atomic mass is 16.5. The van der Waals surface area contributed by atoms with Gasteiger partial charge in [0.1, 0.15) is 23.7 Å². The molecule has 4 aromatic rings. The number of aromatic nitrogens is 4. The Hall–Kier alpha value is -5.40. The molecule has 300 valence electrons. The number of methoxy groups -OCH3 is 2. The Balaban J connectivity index is 1.13. The third kappa shape index (κ3) is 8.38. The van der Waals surface area contributed by atoms with Crippen LogP contribution < -0.4 is 10.6 Å². The smallest absolute Gasteiger partial charge is 0.407 e. The molecule has 4 N–H and O–H groups in total. The molecule has 6 atom stereocenters. The number of amides is 4. The van der Waals surface area contributed by atoms with Crippen LogP contribution in [-0.4, -0.2) is 93.1 Å². The molecule has 14 nitrogen and oxygen atoms in total. The highest BCUT2D eigenvalue weighted by Gasteiger charge is 2.39. The van der Waals surface area contributed by atoms with Gasteiger partial charge in [-0.05, 0) is 78.2 Å². The van der Waals surface area contributed by atoms with Crippen molar-refractivity contribution in [2.75, 3.05) is 27.3 Å². The van der Waals surface area contributed by atoms with E-state index in [1.54, 1.807) is 0 Å². The molecule has 0 spiro atoms. The Morgan fingerprint density at radius 3 is 1.77 bits per heavy atom. The summed E-state index contributed by atoms with van der Waals surface area (Å²) in [4.78, 5) is 71.4. The maximum absolute atomic E-state index is 13.6. The number of fused-ring (bicyclic) bond motifs is 1.